The van der Waals surface area contributed by atoms with Gasteiger partial charge in [0.15, 0.2) is 0 Å². The number of aromatic nitrogens is 1. The summed E-state index contributed by atoms with van der Waals surface area (Å²) in [5.41, 5.74) is 0.477. The minimum atomic E-state index is -4.87. The molecule has 150 valence electrons. The van der Waals surface area contributed by atoms with Gasteiger partial charge in [0.05, 0.1) is 5.56 Å². The Morgan fingerprint density at radius 1 is 1.25 bits per heavy atom. The monoisotopic (exact) mass is 427 g/mol. The zero-order chi connectivity index (χ0) is 20.6. The molecule has 9 nitrogen and oxygen atoms in total. The van der Waals surface area contributed by atoms with E-state index < -0.39 is 38.7 Å². The number of benzene rings is 1. The summed E-state index contributed by atoms with van der Waals surface area (Å²) in [6.45, 7) is 2.25. The molecule has 0 spiro atoms. The third kappa shape index (κ3) is 3.82. The average Bonchev–Trinajstić information content (AvgIpc) is 2.60. The molecule has 11 heteroatoms. The number of hydrogen-bond acceptors (Lipinski definition) is 8. The number of pyridine rings is 1. The normalized spacial score (nSPS) is 32.6. The van der Waals surface area contributed by atoms with E-state index in [1.165, 1.54) is 31.5 Å². The second-order valence-electron chi connectivity index (χ2n) is 6.35. The van der Waals surface area contributed by atoms with Crippen molar-refractivity contribution in [3.63, 3.8) is 0 Å². The largest absolute Gasteiger partial charge is 0.426 e. The van der Waals surface area contributed by atoms with Crippen LogP contribution >= 0.6 is 15.0 Å². The molecule has 4 atom stereocenters. The van der Waals surface area contributed by atoms with Crippen LogP contribution in [0.15, 0.2) is 48.8 Å². The van der Waals surface area contributed by atoms with E-state index in [1.54, 1.807) is 24.3 Å². The van der Waals surface area contributed by atoms with Gasteiger partial charge in [-0.2, -0.15) is 0 Å². The number of nitrogens with zero attached hydrogens (tertiary/aromatic N) is 1. The number of para-hydroxylation sites is 1. The van der Waals surface area contributed by atoms with Crippen molar-refractivity contribution >= 4 is 20.9 Å². The molecule has 1 aromatic heterocycles. The summed E-state index contributed by atoms with van der Waals surface area (Å²) in [4.78, 5) is 25.7. The van der Waals surface area contributed by atoms with Crippen molar-refractivity contribution in [3.8, 4) is 5.75 Å². The molecular formula is C17H19NO8P2. The summed E-state index contributed by atoms with van der Waals surface area (Å²) in [5.74, 6) is -0.596. The van der Waals surface area contributed by atoms with E-state index in [9.17, 15) is 23.9 Å². The van der Waals surface area contributed by atoms with Gasteiger partial charge in [-0.15, -0.1) is 0 Å². The number of esters is 1. The van der Waals surface area contributed by atoms with E-state index in [-0.39, 0.29) is 11.3 Å². The topological polar surface area (TPSA) is 132 Å². The lowest BCUT2D eigenvalue weighted by atomic mass is 10.2. The number of carbonyl (C=O) groups is 1. The molecule has 1 aliphatic heterocycles. The molecule has 1 aromatic carbocycles. The minimum Gasteiger partial charge on any atom is -0.426 e. The highest BCUT2D eigenvalue weighted by atomic mass is 31.2. The predicted molar refractivity (Wildman–Crippen MR) is 98.9 cm³/mol. The van der Waals surface area contributed by atoms with E-state index in [1.807, 2.05) is 0 Å². The van der Waals surface area contributed by atoms with Gasteiger partial charge in [0.2, 0.25) is 18.7 Å². The summed E-state index contributed by atoms with van der Waals surface area (Å²) < 4.78 is 41.8. The van der Waals surface area contributed by atoms with E-state index >= 15 is 0 Å². The van der Waals surface area contributed by atoms with Crippen molar-refractivity contribution in [2.45, 2.75) is 24.7 Å². The number of hydrogen-bond donors (Lipinski definition) is 2. The van der Waals surface area contributed by atoms with Crippen molar-refractivity contribution in [1.82, 2.24) is 4.98 Å². The van der Waals surface area contributed by atoms with Crippen LogP contribution in [0.25, 0.3) is 0 Å². The molecule has 0 saturated carbocycles. The minimum absolute atomic E-state index is 0.0256. The first-order chi connectivity index (χ1) is 13.1. The Morgan fingerprint density at radius 3 is 2.57 bits per heavy atom. The highest BCUT2D eigenvalue weighted by molar-refractivity contribution is 7.75. The first kappa shape index (κ1) is 20.9. The van der Waals surface area contributed by atoms with Crippen LogP contribution in [-0.4, -0.2) is 32.7 Å². The smallest absolute Gasteiger partial charge is 0.372 e. The van der Waals surface area contributed by atoms with Crippen LogP contribution in [0.1, 0.15) is 24.3 Å². The van der Waals surface area contributed by atoms with Gasteiger partial charge in [0.1, 0.15) is 5.75 Å². The van der Waals surface area contributed by atoms with Gasteiger partial charge >= 0.3 is 13.6 Å². The van der Waals surface area contributed by atoms with Gasteiger partial charge < -0.3 is 14.7 Å². The molecule has 0 bridgehead atoms. The average molecular weight is 427 g/mol. The molecule has 2 aromatic rings. The Bertz CT molecular complexity index is 954. The van der Waals surface area contributed by atoms with E-state index in [0.717, 1.165) is 6.66 Å². The first-order valence-corrected chi connectivity index (χ1v) is 11.9. The first-order valence-electron chi connectivity index (χ1n) is 8.22. The molecule has 1 saturated heterocycles. The quantitative estimate of drug-likeness (QED) is 0.429. The molecule has 4 unspecified atom stereocenters. The summed E-state index contributed by atoms with van der Waals surface area (Å²) in [6.07, 6.45) is 0.838. The maximum Gasteiger partial charge on any atom is 0.372 e. The lowest BCUT2D eigenvalue weighted by molar-refractivity contribution is -0.132. The number of aliphatic hydroxyl groups is 1. The summed E-state index contributed by atoms with van der Waals surface area (Å²) in [6, 6.07) is 9.15. The van der Waals surface area contributed by atoms with Gasteiger partial charge in [0, 0.05) is 32.4 Å². The van der Waals surface area contributed by atoms with Crippen LogP contribution in [0.5, 0.6) is 5.75 Å². The molecular weight excluding hydrogens is 408 g/mol. The van der Waals surface area contributed by atoms with Crippen LogP contribution in [0.4, 0.5) is 0 Å². The molecule has 0 aliphatic carbocycles. The maximum absolute atomic E-state index is 13.2. The number of ether oxygens (including phenoxy) is 1. The van der Waals surface area contributed by atoms with Crippen LogP contribution in [0.3, 0.4) is 0 Å². The third-order valence-corrected chi connectivity index (χ3v) is 9.67. The Morgan fingerprint density at radius 2 is 1.96 bits per heavy atom. The standard InChI is InChI=1S/C17H19NO8P2/c1-12(19)24-15-8-4-3-7-14(15)16-25-27(2,21)17(20,28(22,23)26-16)10-13-6-5-9-18-11-13/h3-9,11,16,20H,10H2,1-2H3,(H,22,23). The lowest BCUT2D eigenvalue weighted by Gasteiger charge is -2.43. The van der Waals surface area contributed by atoms with Crippen molar-refractivity contribution in [1.29, 1.82) is 0 Å². The fourth-order valence-corrected chi connectivity index (χ4v) is 7.10. The highest BCUT2D eigenvalue weighted by Gasteiger charge is 2.64. The molecule has 2 heterocycles. The zero-order valence-electron chi connectivity index (χ0n) is 15.1. The summed E-state index contributed by atoms with van der Waals surface area (Å²) >= 11 is 0. The second-order valence-corrected chi connectivity index (χ2v) is 11.3. The van der Waals surface area contributed by atoms with E-state index in [0.29, 0.717) is 5.56 Å². The molecule has 1 aliphatic rings. The Kier molecular flexibility index (Phi) is 5.60. The van der Waals surface area contributed by atoms with Crippen molar-refractivity contribution in [2.24, 2.45) is 0 Å². The summed E-state index contributed by atoms with van der Waals surface area (Å²) in [5, 5.41) is 8.26. The van der Waals surface area contributed by atoms with Gasteiger partial charge in [0.25, 0.3) is 0 Å². The van der Waals surface area contributed by atoms with Crippen LogP contribution in [0, 0.1) is 0 Å². The van der Waals surface area contributed by atoms with Gasteiger partial charge in [-0.3, -0.25) is 28.0 Å². The third-order valence-electron chi connectivity index (χ3n) is 4.23. The Labute approximate surface area is 161 Å². The van der Waals surface area contributed by atoms with E-state index in [2.05, 4.69) is 4.98 Å². The van der Waals surface area contributed by atoms with Crippen LogP contribution in [-0.2, 0) is 29.4 Å². The van der Waals surface area contributed by atoms with Gasteiger partial charge in [-0.1, -0.05) is 24.3 Å². The van der Waals surface area contributed by atoms with Crippen molar-refractivity contribution in [2.75, 3.05) is 6.66 Å². The van der Waals surface area contributed by atoms with Gasteiger partial charge in [-0.05, 0) is 17.7 Å². The van der Waals surface area contributed by atoms with Gasteiger partial charge in [-0.25, -0.2) is 0 Å². The zero-order valence-corrected chi connectivity index (χ0v) is 16.9. The molecule has 0 amide bonds. The predicted octanol–water partition coefficient (Wildman–Crippen LogP) is 3.03. The fraction of sp³-hybridized carbons (Fsp3) is 0.294. The number of rotatable bonds is 4. The molecule has 0 radical (unpaired) electrons. The van der Waals surface area contributed by atoms with Crippen LogP contribution < -0.4 is 4.74 Å². The maximum atomic E-state index is 13.2. The second kappa shape index (κ2) is 7.52. The van der Waals surface area contributed by atoms with Crippen molar-refractivity contribution in [3.05, 3.63) is 59.9 Å². The lowest BCUT2D eigenvalue weighted by Crippen LogP contribution is -2.37. The van der Waals surface area contributed by atoms with Crippen molar-refractivity contribution < 1.29 is 37.7 Å². The molecule has 28 heavy (non-hydrogen) atoms. The fourth-order valence-electron chi connectivity index (χ4n) is 2.79. The van der Waals surface area contributed by atoms with Crippen LogP contribution in [0.2, 0.25) is 0 Å². The molecule has 3 rings (SSSR count). The Hall–Kier alpha value is -1.86. The molecule has 1 fully saturated rings. The molecule has 2 N–H and O–H groups in total. The van der Waals surface area contributed by atoms with E-state index in [4.69, 9.17) is 13.8 Å². The highest BCUT2D eigenvalue weighted by Crippen LogP contribution is 2.79. The number of carbonyl (C=O) groups excluding carboxylic acids is 1. The summed E-state index contributed by atoms with van der Waals surface area (Å²) in [7, 11) is -8.99. The Balaban J connectivity index is 1.99. The SMILES string of the molecule is CC(=O)Oc1ccccc1C1OP(C)(=O)C(O)(Cc2cccnc2)P(=O)(O)O1.